The fourth-order valence-electron chi connectivity index (χ4n) is 1.38. The highest BCUT2D eigenvalue weighted by molar-refractivity contribution is 7.09. The molecule has 0 aromatic carbocycles. The number of nitrogens with two attached hydrogens (primary N) is 1. The topological polar surface area (TPSA) is 77.7 Å². The van der Waals surface area contributed by atoms with E-state index in [1.54, 1.807) is 24.5 Å². The number of methoxy groups -OCH3 is 2. The van der Waals surface area contributed by atoms with Gasteiger partial charge in [-0.1, -0.05) is 0 Å². The number of carbonyl (C=O) groups is 1. The van der Waals surface area contributed by atoms with Crippen molar-refractivity contribution in [2.45, 2.75) is 6.54 Å². The van der Waals surface area contributed by atoms with Gasteiger partial charge in [0.15, 0.2) is 0 Å². The first kappa shape index (κ1) is 15.0. The lowest BCUT2D eigenvalue weighted by atomic mass is 10.3. The highest BCUT2D eigenvalue weighted by atomic mass is 32.1. The smallest absolute Gasteiger partial charge is 0.273 e. The zero-order chi connectivity index (χ0) is 13.4. The Morgan fingerprint density at radius 1 is 1.39 bits per heavy atom. The van der Waals surface area contributed by atoms with Crippen molar-refractivity contribution < 1.29 is 14.3 Å². The third-order valence-corrected chi connectivity index (χ3v) is 3.23. The molecule has 0 atom stereocenters. The number of amides is 1. The summed E-state index contributed by atoms with van der Waals surface area (Å²) in [7, 11) is 3.21. The van der Waals surface area contributed by atoms with Gasteiger partial charge in [0.2, 0.25) is 0 Å². The molecule has 1 amide bonds. The summed E-state index contributed by atoms with van der Waals surface area (Å²) in [4.78, 5) is 18.1. The molecule has 0 bridgehead atoms. The van der Waals surface area contributed by atoms with Crippen molar-refractivity contribution in [1.29, 1.82) is 0 Å². The zero-order valence-corrected chi connectivity index (χ0v) is 11.5. The second-order valence-electron chi connectivity index (χ2n) is 3.61. The first-order chi connectivity index (χ1) is 8.72. The highest BCUT2D eigenvalue weighted by Gasteiger charge is 2.18. The van der Waals surface area contributed by atoms with Crippen LogP contribution in [0.5, 0.6) is 0 Å². The van der Waals surface area contributed by atoms with Gasteiger partial charge >= 0.3 is 0 Å². The van der Waals surface area contributed by atoms with Gasteiger partial charge in [-0.25, -0.2) is 4.98 Å². The number of hydrogen-bond acceptors (Lipinski definition) is 6. The maximum Gasteiger partial charge on any atom is 0.273 e. The fourth-order valence-corrected chi connectivity index (χ4v) is 2.03. The molecular formula is C11H19N3O3S. The van der Waals surface area contributed by atoms with Crippen molar-refractivity contribution >= 4 is 17.2 Å². The maximum atomic E-state index is 12.2. The summed E-state index contributed by atoms with van der Waals surface area (Å²) in [6.45, 7) is 2.38. The molecule has 7 heteroatoms. The molecule has 6 nitrogen and oxygen atoms in total. The lowest BCUT2D eigenvalue weighted by Gasteiger charge is -2.20. The number of aromatic nitrogens is 1. The van der Waals surface area contributed by atoms with Crippen molar-refractivity contribution in [3.05, 3.63) is 16.1 Å². The normalized spacial score (nSPS) is 10.6. The van der Waals surface area contributed by atoms with Gasteiger partial charge in [0.25, 0.3) is 5.91 Å². The predicted octanol–water partition coefficient (Wildman–Crippen LogP) is 0.337. The van der Waals surface area contributed by atoms with E-state index in [0.717, 1.165) is 5.01 Å². The monoisotopic (exact) mass is 273 g/mol. The summed E-state index contributed by atoms with van der Waals surface area (Å²) in [5.41, 5.74) is 5.92. The molecule has 18 heavy (non-hydrogen) atoms. The van der Waals surface area contributed by atoms with E-state index in [0.29, 0.717) is 38.5 Å². The molecule has 2 N–H and O–H groups in total. The first-order valence-electron chi connectivity index (χ1n) is 5.64. The Morgan fingerprint density at radius 3 is 2.44 bits per heavy atom. The van der Waals surface area contributed by atoms with Gasteiger partial charge in [0, 0.05) is 39.2 Å². The first-order valence-corrected chi connectivity index (χ1v) is 6.52. The fraction of sp³-hybridized carbons (Fsp3) is 0.636. The summed E-state index contributed by atoms with van der Waals surface area (Å²) >= 11 is 1.40. The maximum absolute atomic E-state index is 12.2. The molecule has 0 aliphatic carbocycles. The Bertz CT molecular complexity index is 362. The Labute approximate surface area is 111 Å². The van der Waals surface area contributed by atoms with Crippen molar-refractivity contribution in [3.63, 3.8) is 0 Å². The standard InChI is InChI=1S/C11H19N3O3S/c1-16-5-3-14(4-6-17-2)11(15)9-8-18-10(7-12)13-9/h8H,3-7,12H2,1-2H3. The Hall–Kier alpha value is -1.02. The van der Waals surface area contributed by atoms with Crippen LogP contribution in [0.3, 0.4) is 0 Å². The lowest BCUT2D eigenvalue weighted by Crippen LogP contribution is -2.36. The molecule has 102 valence electrons. The molecule has 1 heterocycles. The lowest BCUT2D eigenvalue weighted by molar-refractivity contribution is 0.0622. The van der Waals surface area contributed by atoms with Gasteiger partial charge in [-0.2, -0.15) is 0 Å². The van der Waals surface area contributed by atoms with Gasteiger partial charge < -0.3 is 20.1 Å². The van der Waals surface area contributed by atoms with Crippen LogP contribution in [0.15, 0.2) is 5.38 Å². The molecule has 0 saturated carbocycles. The zero-order valence-electron chi connectivity index (χ0n) is 10.7. The number of carbonyl (C=O) groups excluding carboxylic acids is 1. The minimum atomic E-state index is -0.111. The third kappa shape index (κ3) is 4.34. The minimum Gasteiger partial charge on any atom is -0.383 e. The molecule has 1 aromatic heterocycles. The molecule has 1 rings (SSSR count). The molecule has 0 saturated heterocycles. The van der Waals surface area contributed by atoms with Crippen LogP contribution in [-0.4, -0.2) is 56.3 Å². The Kier molecular flexibility index (Phi) is 6.81. The van der Waals surface area contributed by atoms with Gasteiger partial charge in [-0.05, 0) is 0 Å². The summed E-state index contributed by atoms with van der Waals surface area (Å²) in [6.07, 6.45) is 0. The number of ether oxygens (including phenoxy) is 2. The van der Waals surface area contributed by atoms with Crippen molar-refractivity contribution in [3.8, 4) is 0 Å². The molecule has 0 radical (unpaired) electrons. The summed E-state index contributed by atoms with van der Waals surface area (Å²) in [6, 6.07) is 0. The predicted molar refractivity (Wildman–Crippen MR) is 69.7 cm³/mol. The third-order valence-electron chi connectivity index (χ3n) is 2.36. The van der Waals surface area contributed by atoms with Gasteiger partial charge in [0.05, 0.1) is 13.2 Å². The molecule has 1 aromatic rings. The largest absolute Gasteiger partial charge is 0.383 e. The van der Waals surface area contributed by atoms with E-state index in [1.165, 1.54) is 11.3 Å². The average molecular weight is 273 g/mol. The molecule has 0 aliphatic heterocycles. The Balaban J connectivity index is 2.67. The van der Waals surface area contributed by atoms with Gasteiger partial charge in [0.1, 0.15) is 10.7 Å². The van der Waals surface area contributed by atoms with Crippen LogP contribution >= 0.6 is 11.3 Å². The van der Waals surface area contributed by atoms with Crippen LogP contribution in [0.4, 0.5) is 0 Å². The van der Waals surface area contributed by atoms with E-state index < -0.39 is 0 Å². The number of hydrogen-bond donors (Lipinski definition) is 1. The summed E-state index contributed by atoms with van der Waals surface area (Å²) < 4.78 is 9.98. The molecule has 0 spiro atoms. The van der Waals surface area contributed by atoms with Crippen molar-refractivity contribution in [1.82, 2.24) is 9.88 Å². The number of nitrogens with zero attached hydrogens (tertiary/aromatic N) is 2. The second-order valence-corrected chi connectivity index (χ2v) is 4.55. The quantitative estimate of drug-likeness (QED) is 0.739. The van der Waals surface area contributed by atoms with Crippen LogP contribution in [0.1, 0.15) is 15.5 Å². The molecule has 0 aliphatic rings. The van der Waals surface area contributed by atoms with Crippen LogP contribution in [0.25, 0.3) is 0 Å². The molecular weight excluding hydrogens is 254 g/mol. The van der Waals surface area contributed by atoms with Crippen molar-refractivity contribution in [2.75, 3.05) is 40.5 Å². The summed E-state index contributed by atoms with van der Waals surface area (Å²) in [5, 5.41) is 2.49. The van der Waals surface area contributed by atoms with Crippen LogP contribution in [0, 0.1) is 0 Å². The van der Waals surface area contributed by atoms with Gasteiger partial charge in [-0.3, -0.25) is 4.79 Å². The van der Waals surface area contributed by atoms with E-state index in [-0.39, 0.29) is 5.91 Å². The second kappa shape index (κ2) is 8.15. The molecule has 0 fully saturated rings. The number of thiazole rings is 1. The van der Waals surface area contributed by atoms with E-state index in [1.807, 2.05) is 0 Å². The van der Waals surface area contributed by atoms with Gasteiger partial charge in [-0.15, -0.1) is 11.3 Å². The average Bonchev–Trinajstić information content (AvgIpc) is 2.87. The Morgan fingerprint density at radius 2 is 2.00 bits per heavy atom. The van der Waals surface area contributed by atoms with E-state index >= 15 is 0 Å². The SMILES string of the molecule is COCCN(CCOC)C(=O)c1csc(CN)n1. The van der Waals surface area contributed by atoms with E-state index in [4.69, 9.17) is 15.2 Å². The van der Waals surface area contributed by atoms with Crippen LogP contribution in [0.2, 0.25) is 0 Å². The van der Waals surface area contributed by atoms with Crippen molar-refractivity contribution in [2.24, 2.45) is 5.73 Å². The van der Waals surface area contributed by atoms with E-state index in [9.17, 15) is 4.79 Å². The number of rotatable bonds is 8. The minimum absolute atomic E-state index is 0.111. The highest BCUT2D eigenvalue weighted by Crippen LogP contribution is 2.11. The summed E-state index contributed by atoms with van der Waals surface area (Å²) in [5.74, 6) is -0.111. The van der Waals surface area contributed by atoms with E-state index in [2.05, 4.69) is 4.98 Å². The molecule has 0 unspecified atom stereocenters. The van der Waals surface area contributed by atoms with Crippen LogP contribution < -0.4 is 5.73 Å². The van der Waals surface area contributed by atoms with Crippen LogP contribution in [-0.2, 0) is 16.0 Å².